The van der Waals surface area contributed by atoms with Gasteiger partial charge in [0.1, 0.15) is 0 Å². The van der Waals surface area contributed by atoms with E-state index in [4.69, 9.17) is 9.84 Å². The van der Waals surface area contributed by atoms with Crippen LogP contribution in [0.2, 0.25) is 0 Å². The maximum atomic E-state index is 12.7. The Morgan fingerprint density at radius 1 is 1.35 bits per heavy atom. The summed E-state index contributed by atoms with van der Waals surface area (Å²) in [7, 11) is 0. The van der Waals surface area contributed by atoms with E-state index in [1.54, 1.807) is 13.8 Å². The van der Waals surface area contributed by atoms with Gasteiger partial charge in [-0.25, -0.2) is 0 Å². The highest BCUT2D eigenvalue weighted by atomic mass is 19.4. The Bertz CT molecular complexity index is 370. The van der Waals surface area contributed by atoms with Gasteiger partial charge in [-0.2, -0.15) is 13.2 Å². The first-order chi connectivity index (χ1) is 9.12. The number of amides is 1. The number of carboxylic acids is 1. The van der Waals surface area contributed by atoms with Gasteiger partial charge < -0.3 is 14.7 Å². The average Bonchev–Trinajstić information content (AvgIpc) is 2.72. The number of carbonyl (C=O) groups is 2. The monoisotopic (exact) mass is 297 g/mol. The second kappa shape index (κ2) is 6.43. The number of hydrogen-bond donors (Lipinski definition) is 1. The van der Waals surface area contributed by atoms with Crippen molar-refractivity contribution in [3.8, 4) is 0 Å². The van der Waals surface area contributed by atoms with E-state index in [-0.39, 0.29) is 19.1 Å². The molecular formula is C12H18F3NO4. The number of halogens is 3. The fourth-order valence-electron chi connectivity index (χ4n) is 2.13. The fourth-order valence-corrected chi connectivity index (χ4v) is 2.13. The molecule has 1 saturated heterocycles. The van der Waals surface area contributed by atoms with E-state index in [2.05, 4.69) is 0 Å². The highest BCUT2D eigenvalue weighted by Gasteiger charge is 2.53. The molecule has 5 nitrogen and oxygen atoms in total. The molecule has 0 bridgehead atoms. The standard InChI is InChI=1S/C12H18F3NO4/c1-7(2)20-4-3-10(17)16-5-8(11(18)19)9(6-16)12(13,14)15/h7-9H,3-6H2,1-2H3,(H,18,19)/t8-,9-/m1/s1. The number of nitrogens with zero attached hydrogens (tertiary/aromatic N) is 1. The summed E-state index contributed by atoms with van der Waals surface area (Å²) in [5, 5.41) is 8.83. The lowest BCUT2D eigenvalue weighted by Gasteiger charge is -2.18. The molecule has 20 heavy (non-hydrogen) atoms. The first-order valence-corrected chi connectivity index (χ1v) is 6.31. The molecule has 0 aromatic rings. The molecule has 1 N–H and O–H groups in total. The number of rotatable bonds is 5. The van der Waals surface area contributed by atoms with Gasteiger partial charge in [0.25, 0.3) is 0 Å². The molecule has 0 unspecified atom stereocenters. The zero-order chi connectivity index (χ0) is 15.5. The van der Waals surface area contributed by atoms with Crippen LogP contribution in [0.1, 0.15) is 20.3 Å². The first kappa shape index (κ1) is 16.7. The summed E-state index contributed by atoms with van der Waals surface area (Å²) in [6, 6.07) is 0. The molecule has 1 aliphatic heterocycles. The van der Waals surface area contributed by atoms with E-state index < -0.39 is 43.0 Å². The molecular weight excluding hydrogens is 279 g/mol. The zero-order valence-electron chi connectivity index (χ0n) is 11.3. The summed E-state index contributed by atoms with van der Waals surface area (Å²) in [6.07, 6.45) is -4.74. The second-order valence-electron chi connectivity index (χ2n) is 5.06. The van der Waals surface area contributed by atoms with E-state index in [0.717, 1.165) is 4.90 Å². The molecule has 0 radical (unpaired) electrons. The molecule has 2 atom stereocenters. The van der Waals surface area contributed by atoms with Crippen LogP contribution in [0.3, 0.4) is 0 Å². The van der Waals surface area contributed by atoms with Crippen LogP contribution in [0.4, 0.5) is 13.2 Å². The van der Waals surface area contributed by atoms with E-state index in [1.807, 2.05) is 0 Å². The average molecular weight is 297 g/mol. The van der Waals surface area contributed by atoms with Gasteiger partial charge in [0.15, 0.2) is 0 Å². The number of alkyl halides is 3. The Balaban J connectivity index is 2.61. The van der Waals surface area contributed by atoms with Crippen molar-refractivity contribution in [3.63, 3.8) is 0 Å². The molecule has 1 aliphatic rings. The quantitative estimate of drug-likeness (QED) is 0.835. The van der Waals surface area contributed by atoms with Crippen molar-refractivity contribution in [2.45, 2.75) is 32.5 Å². The van der Waals surface area contributed by atoms with Gasteiger partial charge in [0.05, 0.1) is 31.0 Å². The van der Waals surface area contributed by atoms with Crippen LogP contribution in [0.5, 0.6) is 0 Å². The lowest BCUT2D eigenvalue weighted by Crippen LogP contribution is -2.34. The normalized spacial score (nSPS) is 23.4. The maximum absolute atomic E-state index is 12.7. The van der Waals surface area contributed by atoms with Crippen molar-refractivity contribution in [3.05, 3.63) is 0 Å². The Labute approximate surface area is 114 Å². The molecule has 1 heterocycles. The second-order valence-corrected chi connectivity index (χ2v) is 5.06. The number of likely N-dealkylation sites (tertiary alicyclic amines) is 1. The molecule has 0 aromatic heterocycles. The summed E-state index contributed by atoms with van der Waals surface area (Å²) < 4.78 is 43.4. The van der Waals surface area contributed by atoms with Crippen molar-refractivity contribution >= 4 is 11.9 Å². The van der Waals surface area contributed by atoms with Gasteiger partial charge in [-0.05, 0) is 13.8 Å². The number of aliphatic carboxylic acids is 1. The minimum atomic E-state index is -4.62. The van der Waals surface area contributed by atoms with E-state index >= 15 is 0 Å². The van der Waals surface area contributed by atoms with Crippen LogP contribution < -0.4 is 0 Å². The lowest BCUT2D eigenvalue weighted by atomic mass is 9.96. The molecule has 1 rings (SSSR count). The third-order valence-corrected chi connectivity index (χ3v) is 3.18. The highest BCUT2D eigenvalue weighted by molar-refractivity contribution is 5.79. The molecule has 0 saturated carbocycles. The Morgan fingerprint density at radius 3 is 2.35 bits per heavy atom. The minimum Gasteiger partial charge on any atom is -0.481 e. The SMILES string of the molecule is CC(C)OCCC(=O)N1C[C@@H](C(F)(F)F)[C@H](C(=O)O)C1. The highest BCUT2D eigenvalue weighted by Crippen LogP contribution is 2.37. The fraction of sp³-hybridized carbons (Fsp3) is 0.833. The number of carboxylic acid groups (broad SMARTS) is 1. The van der Waals surface area contributed by atoms with E-state index in [9.17, 15) is 22.8 Å². The van der Waals surface area contributed by atoms with Crippen LogP contribution in [-0.2, 0) is 14.3 Å². The predicted molar refractivity (Wildman–Crippen MR) is 63.0 cm³/mol. The van der Waals surface area contributed by atoms with E-state index in [0.29, 0.717) is 0 Å². The van der Waals surface area contributed by atoms with Crippen molar-refractivity contribution < 1.29 is 32.6 Å². The van der Waals surface area contributed by atoms with E-state index in [1.165, 1.54) is 0 Å². The third kappa shape index (κ3) is 4.36. The van der Waals surface area contributed by atoms with Crippen LogP contribution in [0.25, 0.3) is 0 Å². The molecule has 0 aromatic carbocycles. The minimum absolute atomic E-state index is 0.0465. The van der Waals surface area contributed by atoms with Gasteiger partial charge in [0, 0.05) is 13.1 Å². The van der Waals surface area contributed by atoms with Gasteiger partial charge in [-0.1, -0.05) is 0 Å². The Kier molecular flexibility index (Phi) is 5.38. The van der Waals surface area contributed by atoms with Gasteiger partial charge >= 0.3 is 12.1 Å². The summed E-state index contributed by atoms with van der Waals surface area (Å²) in [5.74, 6) is -5.63. The molecule has 0 spiro atoms. The summed E-state index contributed by atoms with van der Waals surface area (Å²) in [6.45, 7) is 2.67. The van der Waals surface area contributed by atoms with Gasteiger partial charge in [-0.3, -0.25) is 9.59 Å². The number of carbonyl (C=O) groups excluding carboxylic acids is 1. The molecule has 8 heteroatoms. The molecule has 1 fully saturated rings. The lowest BCUT2D eigenvalue weighted by molar-refractivity contribution is -0.188. The zero-order valence-corrected chi connectivity index (χ0v) is 11.3. The third-order valence-electron chi connectivity index (χ3n) is 3.18. The predicted octanol–water partition coefficient (Wildman–Crippen LogP) is 1.52. The van der Waals surface area contributed by atoms with Crippen molar-refractivity contribution in [1.29, 1.82) is 0 Å². The van der Waals surface area contributed by atoms with Crippen LogP contribution >= 0.6 is 0 Å². The first-order valence-electron chi connectivity index (χ1n) is 6.31. The van der Waals surface area contributed by atoms with Crippen LogP contribution in [-0.4, -0.2) is 53.9 Å². The molecule has 1 amide bonds. The van der Waals surface area contributed by atoms with Crippen molar-refractivity contribution in [1.82, 2.24) is 4.90 Å². The summed E-state index contributed by atoms with van der Waals surface area (Å²) >= 11 is 0. The largest absolute Gasteiger partial charge is 0.481 e. The number of hydrogen-bond acceptors (Lipinski definition) is 3. The maximum Gasteiger partial charge on any atom is 0.394 e. The molecule has 0 aliphatic carbocycles. The summed E-state index contributed by atoms with van der Waals surface area (Å²) in [4.78, 5) is 23.6. The molecule has 116 valence electrons. The number of ether oxygens (including phenoxy) is 1. The van der Waals surface area contributed by atoms with Gasteiger partial charge in [0.2, 0.25) is 5.91 Å². The Morgan fingerprint density at radius 2 is 1.95 bits per heavy atom. The van der Waals surface area contributed by atoms with Crippen LogP contribution in [0, 0.1) is 11.8 Å². The summed E-state index contributed by atoms with van der Waals surface area (Å²) in [5.41, 5.74) is 0. The van der Waals surface area contributed by atoms with Crippen molar-refractivity contribution in [2.75, 3.05) is 19.7 Å². The van der Waals surface area contributed by atoms with Crippen LogP contribution in [0.15, 0.2) is 0 Å². The van der Waals surface area contributed by atoms with Crippen molar-refractivity contribution in [2.24, 2.45) is 11.8 Å². The topological polar surface area (TPSA) is 66.8 Å². The smallest absolute Gasteiger partial charge is 0.394 e. The Hall–Kier alpha value is -1.31. The van der Waals surface area contributed by atoms with Gasteiger partial charge in [-0.15, -0.1) is 0 Å².